The molecule has 5 heteroatoms. The van der Waals surface area contributed by atoms with Crippen molar-refractivity contribution in [2.24, 2.45) is 5.92 Å². The number of nitrogens with zero attached hydrogens (tertiary/aromatic N) is 1. The minimum absolute atomic E-state index is 0.275. The molecule has 1 aliphatic heterocycles. The molecule has 1 heterocycles. The molecular formula is C15H32N2O2S. The van der Waals surface area contributed by atoms with Crippen molar-refractivity contribution in [1.82, 2.24) is 10.2 Å². The molecule has 120 valence electrons. The van der Waals surface area contributed by atoms with Crippen molar-refractivity contribution < 1.29 is 8.42 Å². The molecule has 0 bridgehead atoms. The Morgan fingerprint density at radius 1 is 1.30 bits per heavy atom. The van der Waals surface area contributed by atoms with Crippen LogP contribution in [0, 0.1) is 5.92 Å². The molecule has 0 radical (unpaired) electrons. The second-order valence-electron chi connectivity index (χ2n) is 7.32. The van der Waals surface area contributed by atoms with Gasteiger partial charge in [0, 0.05) is 19.1 Å². The van der Waals surface area contributed by atoms with E-state index < -0.39 is 14.6 Å². The van der Waals surface area contributed by atoms with Crippen LogP contribution in [0.5, 0.6) is 0 Å². The summed E-state index contributed by atoms with van der Waals surface area (Å²) in [6, 6.07) is 0.504. The minimum Gasteiger partial charge on any atom is -0.315 e. The number of rotatable bonds is 7. The standard InChI is InChI=1S/C15H32N2O2S/c1-13(2)11-16-12-14-7-6-8-17(14)9-10-20(18,19)15(3,4)5/h13-14,16H,6-12H2,1-5H3. The highest BCUT2D eigenvalue weighted by atomic mass is 32.2. The van der Waals surface area contributed by atoms with Gasteiger partial charge < -0.3 is 5.32 Å². The Morgan fingerprint density at radius 2 is 1.95 bits per heavy atom. The Hall–Kier alpha value is -0.130. The predicted octanol–water partition coefficient (Wildman–Crippen LogP) is 1.91. The van der Waals surface area contributed by atoms with E-state index in [4.69, 9.17) is 0 Å². The molecule has 4 nitrogen and oxygen atoms in total. The molecule has 1 unspecified atom stereocenters. The van der Waals surface area contributed by atoms with Crippen molar-refractivity contribution in [1.29, 1.82) is 0 Å². The molecule has 1 rings (SSSR count). The third kappa shape index (κ3) is 5.34. The number of nitrogens with one attached hydrogen (secondary N) is 1. The average molecular weight is 305 g/mol. The van der Waals surface area contributed by atoms with E-state index in [-0.39, 0.29) is 5.75 Å². The molecule has 1 fully saturated rings. The van der Waals surface area contributed by atoms with Gasteiger partial charge in [-0.1, -0.05) is 13.8 Å². The third-order valence-electron chi connectivity index (χ3n) is 4.01. The van der Waals surface area contributed by atoms with Crippen molar-refractivity contribution in [3.63, 3.8) is 0 Å². The van der Waals surface area contributed by atoms with Gasteiger partial charge in [0.25, 0.3) is 0 Å². The molecule has 1 aliphatic rings. The first kappa shape index (κ1) is 17.9. The largest absolute Gasteiger partial charge is 0.315 e. The zero-order chi connectivity index (χ0) is 15.4. The number of hydrogen-bond donors (Lipinski definition) is 1. The summed E-state index contributed by atoms with van der Waals surface area (Å²) in [5, 5.41) is 3.49. The van der Waals surface area contributed by atoms with Crippen LogP contribution in [-0.2, 0) is 9.84 Å². The molecule has 0 spiro atoms. The van der Waals surface area contributed by atoms with Crippen LogP contribution in [0.3, 0.4) is 0 Å². The lowest BCUT2D eigenvalue weighted by atomic mass is 10.2. The van der Waals surface area contributed by atoms with Gasteiger partial charge in [-0.25, -0.2) is 8.42 Å². The van der Waals surface area contributed by atoms with Crippen LogP contribution in [0.2, 0.25) is 0 Å². The van der Waals surface area contributed by atoms with E-state index in [9.17, 15) is 8.42 Å². The van der Waals surface area contributed by atoms with E-state index in [1.165, 1.54) is 12.8 Å². The smallest absolute Gasteiger partial charge is 0.156 e. The van der Waals surface area contributed by atoms with Gasteiger partial charge >= 0.3 is 0 Å². The molecular weight excluding hydrogens is 272 g/mol. The molecule has 20 heavy (non-hydrogen) atoms. The molecule has 0 amide bonds. The maximum Gasteiger partial charge on any atom is 0.156 e. The zero-order valence-corrected chi connectivity index (χ0v) is 14.6. The summed E-state index contributed by atoms with van der Waals surface area (Å²) in [6.45, 7) is 13.5. The van der Waals surface area contributed by atoms with Gasteiger partial charge in [0.05, 0.1) is 10.5 Å². The monoisotopic (exact) mass is 304 g/mol. The molecule has 1 atom stereocenters. The first-order valence-corrected chi connectivity index (χ1v) is 9.46. The van der Waals surface area contributed by atoms with Gasteiger partial charge in [0.15, 0.2) is 9.84 Å². The lowest BCUT2D eigenvalue weighted by molar-refractivity contribution is 0.258. The van der Waals surface area contributed by atoms with E-state index in [0.29, 0.717) is 18.5 Å². The van der Waals surface area contributed by atoms with Crippen LogP contribution in [0.15, 0.2) is 0 Å². The van der Waals surface area contributed by atoms with Gasteiger partial charge in [0.1, 0.15) is 0 Å². The maximum atomic E-state index is 12.2. The van der Waals surface area contributed by atoms with Crippen LogP contribution < -0.4 is 5.32 Å². The fraction of sp³-hybridized carbons (Fsp3) is 1.00. The van der Waals surface area contributed by atoms with Gasteiger partial charge in [-0.3, -0.25) is 4.90 Å². The summed E-state index contributed by atoms with van der Waals surface area (Å²) >= 11 is 0. The zero-order valence-electron chi connectivity index (χ0n) is 13.8. The van der Waals surface area contributed by atoms with E-state index in [1.807, 2.05) is 0 Å². The van der Waals surface area contributed by atoms with Crippen molar-refractivity contribution in [2.75, 3.05) is 31.9 Å². The number of likely N-dealkylation sites (tertiary alicyclic amines) is 1. The van der Waals surface area contributed by atoms with Crippen molar-refractivity contribution in [2.45, 2.75) is 58.2 Å². The Bertz CT molecular complexity index is 385. The molecule has 1 N–H and O–H groups in total. The topological polar surface area (TPSA) is 49.4 Å². The van der Waals surface area contributed by atoms with Crippen molar-refractivity contribution in [3.05, 3.63) is 0 Å². The van der Waals surface area contributed by atoms with Gasteiger partial charge in [-0.05, 0) is 52.6 Å². The number of sulfone groups is 1. The van der Waals surface area contributed by atoms with Crippen LogP contribution in [-0.4, -0.2) is 56.0 Å². The second kappa shape index (κ2) is 7.23. The first-order chi connectivity index (χ1) is 9.13. The lowest BCUT2D eigenvalue weighted by Gasteiger charge is -2.27. The SMILES string of the molecule is CC(C)CNCC1CCCN1CCS(=O)(=O)C(C)(C)C. The molecule has 0 aromatic heterocycles. The fourth-order valence-corrected chi connectivity index (χ4v) is 3.59. The highest BCUT2D eigenvalue weighted by Gasteiger charge is 2.31. The third-order valence-corrected chi connectivity index (χ3v) is 6.60. The summed E-state index contributed by atoms with van der Waals surface area (Å²) in [5.41, 5.74) is 0. The summed E-state index contributed by atoms with van der Waals surface area (Å²) in [5.74, 6) is 0.933. The Labute approximate surface area is 125 Å². The minimum atomic E-state index is -3.00. The van der Waals surface area contributed by atoms with E-state index in [0.717, 1.165) is 19.6 Å². The quantitative estimate of drug-likeness (QED) is 0.780. The first-order valence-electron chi connectivity index (χ1n) is 7.80. The van der Waals surface area contributed by atoms with Crippen LogP contribution in [0.25, 0.3) is 0 Å². The molecule has 0 aromatic carbocycles. The molecule has 0 aromatic rings. The van der Waals surface area contributed by atoms with E-state index in [1.54, 1.807) is 20.8 Å². The van der Waals surface area contributed by atoms with Crippen LogP contribution >= 0.6 is 0 Å². The Kier molecular flexibility index (Phi) is 6.48. The van der Waals surface area contributed by atoms with Gasteiger partial charge in [-0.15, -0.1) is 0 Å². The number of hydrogen-bond acceptors (Lipinski definition) is 4. The van der Waals surface area contributed by atoms with E-state index in [2.05, 4.69) is 24.1 Å². The van der Waals surface area contributed by atoms with Crippen LogP contribution in [0.1, 0.15) is 47.5 Å². The highest BCUT2D eigenvalue weighted by molar-refractivity contribution is 7.92. The Morgan fingerprint density at radius 3 is 2.50 bits per heavy atom. The highest BCUT2D eigenvalue weighted by Crippen LogP contribution is 2.20. The van der Waals surface area contributed by atoms with Gasteiger partial charge in [0.2, 0.25) is 0 Å². The molecule has 1 saturated heterocycles. The van der Waals surface area contributed by atoms with Gasteiger partial charge in [-0.2, -0.15) is 0 Å². The second-order valence-corrected chi connectivity index (χ2v) is 10.2. The van der Waals surface area contributed by atoms with Crippen LogP contribution in [0.4, 0.5) is 0 Å². The van der Waals surface area contributed by atoms with E-state index >= 15 is 0 Å². The summed E-state index contributed by atoms with van der Waals surface area (Å²) in [6.07, 6.45) is 2.37. The lowest BCUT2D eigenvalue weighted by Crippen LogP contribution is -2.42. The molecule has 0 saturated carbocycles. The van der Waals surface area contributed by atoms with Crippen molar-refractivity contribution >= 4 is 9.84 Å². The average Bonchev–Trinajstić information content (AvgIpc) is 2.72. The Balaban J connectivity index is 2.43. The maximum absolute atomic E-state index is 12.2. The summed E-state index contributed by atoms with van der Waals surface area (Å²) in [7, 11) is -3.00. The predicted molar refractivity (Wildman–Crippen MR) is 85.8 cm³/mol. The molecule has 0 aliphatic carbocycles. The fourth-order valence-electron chi connectivity index (χ4n) is 2.50. The normalized spacial score (nSPS) is 21.8. The summed E-state index contributed by atoms with van der Waals surface area (Å²) in [4.78, 5) is 2.34. The summed E-state index contributed by atoms with van der Waals surface area (Å²) < 4.78 is 23.7. The van der Waals surface area contributed by atoms with Crippen molar-refractivity contribution in [3.8, 4) is 0 Å².